The Bertz CT molecular complexity index is 735. The summed E-state index contributed by atoms with van der Waals surface area (Å²) in [5.41, 5.74) is 0.407. The van der Waals surface area contributed by atoms with E-state index >= 15 is 0 Å². The standard InChI is InChI=1S/C20H27N3O/c1-14(17-10-7-13-23(17)4)19(24)22-20(2,3)18-16-9-6-5-8-15(16)11-12-21-18/h5-6,8-9,11-12,14,17H,7,10,13H2,1-4H3,(H,22,24)/t14-,17-/m1/s1. The minimum absolute atomic E-state index is 0.0215. The number of fused-ring (bicyclic) bond motifs is 1. The molecule has 4 nitrogen and oxygen atoms in total. The molecule has 0 unspecified atom stereocenters. The molecule has 1 aromatic heterocycles. The molecular weight excluding hydrogens is 298 g/mol. The topological polar surface area (TPSA) is 45.2 Å². The van der Waals surface area contributed by atoms with E-state index in [0.717, 1.165) is 29.4 Å². The lowest BCUT2D eigenvalue weighted by Crippen LogP contribution is -2.48. The maximum absolute atomic E-state index is 12.8. The second-order valence-electron chi connectivity index (χ2n) is 7.47. The van der Waals surface area contributed by atoms with Crippen LogP contribution >= 0.6 is 0 Å². The van der Waals surface area contributed by atoms with Gasteiger partial charge in [-0.25, -0.2) is 0 Å². The van der Waals surface area contributed by atoms with E-state index in [1.807, 2.05) is 45.2 Å². The third-order valence-corrected chi connectivity index (χ3v) is 5.27. The van der Waals surface area contributed by atoms with Crippen LogP contribution in [0.1, 0.15) is 39.3 Å². The smallest absolute Gasteiger partial charge is 0.225 e. The molecule has 2 atom stereocenters. The van der Waals surface area contributed by atoms with Crippen molar-refractivity contribution in [2.75, 3.05) is 13.6 Å². The Morgan fingerprint density at radius 2 is 2.08 bits per heavy atom. The molecule has 1 fully saturated rings. The molecule has 4 heteroatoms. The molecule has 1 aromatic carbocycles. The van der Waals surface area contributed by atoms with E-state index in [2.05, 4.69) is 34.4 Å². The van der Waals surface area contributed by atoms with Crippen molar-refractivity contribution in [1.82, 2.24) is 15.2 Å². The number of amides is 1. The number of hydrogen-bond acceptors (Lipinski definition) is 3. The number of likely N-dealkylation sites (tertiary alicyclic amines) is 1. The highest BCUT2D eigenvalue weighted by molar-refractivity contribution is 5.86. The summed E-state index contributed by atoms with van der Waals surface area (Å²) in [5.74, 6) is 0.0836. The highest BCUT2D eigenvalue weighted by Crippen LogP contribution is 2.28. The van der Waals surface area contributed by atoms with E-state index in [-0.39, 0.29) is 11.8 Å². The Kier molecular flexibility index (Phi) is 4.59. The lowest BCUT2D eigenvalue weighted by Gasteiger charge is -2.31. The summed E-state index contributed by atoms with van der Waals surface area (Å²) in [6.07, 6.45) is 4.09. The van der Waals surface area contributed by atoms with Crippen LogP contribution in [0.3, 0.4) is 0 Å². The fourth-order valence-electron chi connectivity index (χ4n) is 3.84. The van der Waals surface area contributed by atoms with E-state index in [1.54, 1.807) is 0 Å². The molecule has 0 radical (unpaired) electrons. The predicted molar refractivity (Wildman–Crippen MR) is 97.7 cm³/mol. The molecule has 2 heterocycles. The summed E-state index contributed by atoms with van der Waals surface area (Å²) in [6, 6.07) is 10.5. The van der Waals surface area contributed by atoms with Crippen LogP contribution in [0.2, 0.25) is 0 Å². The number of carbonyl (C=O) groups excluding carboxylic acids is 1. The van der Waals surface area contributed by atoms with Crippen LogP contribution in [0.25, 0.3) is 10.8 Å². The van der Waals surface area contributed by atoms with Gasteiger partial charge in [0, 0.05) is 17.6 Å². The van der Waals surface area contributed by atoms with Crippen LogP contribution in [0, 0.1) is 5.92 Å². The Balaban J connectivity index is 1.83. The third kappa shape index (κ3) is 3.16. The Morgan fingerprint density at radius 1 is 1.33 bits per heavy atom. The zero-order valence-corrected chi connectivity index (χ0v) is 15.0. The lowest BCUT2D eigenvalue weighted by atomic mass is 9.92. The second kappa shape index (κ2) is 6.52. The van der Waals surface area contributed by atoms with Gasteiger partial charge in [-0.1, -0.05) is 31.2 Å². The van der Waals surface area contributed by atoms with E-state index in [0.29, 0.717) is 6.04 Å². The highest BCUT2D eigenvalue weighted by atomic mass is 16.2. The van der Waals surface area contributed by atoms with Crippen LogP contribution in [-0.4, -0.2) is 35.4 Å². The van der Waals surface area contributed by atoms with Gasteiger partial charge in [-0.05, 0) is 51.7 Å². The maximum Gasteiger partial charge on any atom is 0.225 e. The molecule has 24 heavy (non-hydrogen) atoms. The van der Waals surface area contributed by atoms with Gasteiger partial charge in [0.05, 0.1) is 17.2 Å². The van der Waals surface area contributed by atoms with Crippen molar-refractivity contribution in [3.63, 3.8) is 0 Å². The molecule has 1 saturated heterocycles. The summed E-state index contributed by atoms with van der Waals surface area (Å²) >= 11 is 0. The first-order chi connectivity index (χ1) is 11.4. The lowest BCUT2D eigenvalue weighted by molar-refractivity contribution is -0.127. The molecular formula is C20H27N3O. The van der Waals surface area contributed by atoms with Gasteiger partial charge in [-0.2, -0.15) is 0 Å². The number of rotatable bonds is 4. The number of carbonyl (C=O) groups is 1. The molecule has 3 rings (SSSR count). The molecule has 2 aromatic rings. The number of pyridine rings is 1. The fraction of sp³-hybridized carbons (Fsp3) is 0.500. The zero-order chi connectivity index (χ0) is 17.3. The Labute approximate surface area is 144 Å². The normalized spacial score (nSPS) is 20.2. The van der Waals surface area contributed by atoms with E-state index in [4.69, 9.17) is 0 Å². The van der Waals surface area contributed by atoms with Crippen molar-refractivity contribution in [3.8, 4) is 0 Å². The summed E-state index contributed by atoms with van der Waals surface area (Å²) in [7, 11) is 2.11. The number of benzene rings is 1. The Hall–Kier alpha value is -1.94. The second-order valence-corrected chi connectivity index (χ2v) is 7.47. The first-order valence-corrected chi connectivity index (χ1v) is 8.76. The van der Waals surface area contributed by atoms with E-state index in [1.165, 1.54) is 6.42 Å². The van der Waals surface area contributed by atoms with Crippen LogP contribution in [0.4, 0.5) is 0 Å². The highest BCUT2D eigenvalue weighted by Gasteiger charge is 2.34. The molecule has 0 spiro atoms. The van der Waals surface area contributed by atoms with E-state index < -0.39 is 5.54 Å². The molecule has 1 aliphatic rings. The molecule has 0 aliphatic carbocycles. The van der Waals surface area contributed by atoms with Gasteiger partial charge in [0.2, 0.25) is 5.91 Å². The van der Waals surface area contributed by atoms with Gasteiger partial charge in [0.15, 0.2) is 0 Å². The molecule has 1 N–H and O–H groups in total. The van der Waals surface area contributed by atoms with Crippen LogP contribution in [0.15, 0.2) is 36.5 Å². The largest absolute Gasteiger partial charge is 0.345 e. The monoisotopic (exact) mass is 325 g/mol. The number of hydrogen-bond donors (Lipinski definition) is 1. The van der Waals surface area contributed by atoms with Gasteiger partial charge in [-0.15, -0.1) is 0 Å². The summed E-state index contributed by atoms with van der Waals surface area (Å²) in [4.78, 5) is 19.7. The molecule has 1 aliphatic heterocycles. The average Bonchev–Trinajstić information content (AvgIpc) is 2.99. The van der Waals surface area contributed by atoms with E-state index in [9.17, 15) is 4.79 Å². The average molecular weight is 325 g/mol. The Morgan fingerprint density at radius 3 is 2.79 bits per heavy atom. The molecule has 0 saturated carbocycles. The zero-order valence-electron chi connectivity index (χ0n) is 15.0. The fourth-order valence-corrected chi connectivity index (χ4v) is 3.84. The summed E-state index contributed by atoms with van der Waals surface area (Å²) in [6.45, 7) is 7.18. The first kappa shape index (κ1) is 16.9. The maximum atomic E-state index is 12.8. The SMILES string of the molecule is C[C@@H](C(=O)NC(C)(C)c1nccc2ccccc12)[C@H]1CCCN1C. The van der Waals surface area contributed by atoms with Crippen molar-refractivity contribution >= 4 is 16.7 Å². The van der Waals surface area contributed by atoms with Gasteiger partial charge < -0.3 is 10.2 Å². The first-order valence-electron chi connectivity index (χ1n) is 8.76. The number of nitrogens with one attached hydrogen (secondary N) is 1. The number of aromatic nitrogens is 1. The van der Waals surface area contributed by atoms with Crippen LogP contribution < -0.4 is 5.32 Å². The molecule has 128 valence electrons. The van der Waals surface area contributed by atoms with Gasteiger partial charge in [0.25, 0.3) is 0 Å². The molecule has 0 bridgehead atoms. The van der Waals surface area contributed by atoms with Crippen molar-refractivity contribution in [2.24, 2.45) is 5.92 Å². The van der Waals surface area contributed by atoms with Crippen molar-refractivity contribution in [2.45, 2.75) is 45.2 Å². The van der Waals surface area contributed by atoms with Crippen molar-refractivity contribution in [1.29, 1.82) is 0 Å². The van der Waals surface area contributed by atoms with Crippen LogP contribution in [-0.2, 0) is 10.3 Å². The summed E-state index contributed by atoms with van der Waals surface area (Å²) in [5, 5.41) is 5.47. The van der Waals surface area contributed by atoms with Crippen molar-refractivity contribution < 1.29 is 4.79 Å². The summed E-state index contributed by atoms with van der Waals surface area (Å²) < 4.78 is 0. The minimum Gasteiger partial charge on any atom is -0.345 e. The predicted octanol–water partition coefficient (Wildman–Crippen LogP) is 3.32. The minimum atomic E-state index is -0.511. The van der Waals surface area contributed by atoms with Gasteiger partial charge in [-0.3, -0.25) is 9.78 Å². The quantitative estimate of drug-likeness (QED) is 0.938. The van der Waals surface area contributed by atoms with Gasteiger partial charge in [0.1, 0.15) is 0 Å². The number of nitrogens with zero attached hydrogens (tertiary/aromatic N) is 2. The third-order valence-electron chi connectivity index (χ3n) is 5.27. The van der Waals surface area contributed by atoms with Gasteiger partial charge >= 0.3 is 0 Å². The van der Waals surface area contributed by atoms with Crippen LogP contribution in [0.5, 0.6) is 0 Å². The van der Waals surface area contributed by atoms with Crippen molar-refractivity contribution in [3.05, 3.63) is 42.2 Å². The molecule has 1 amide bonds.